The van der Waals surface area contributed by atoms with Crippen molar-refractivity contribution in [3.63, 3.8) is 0 Å². The highest BCUT2D eigenvalue weighted by Gasteiger charge is 2.51. The molecular weight excluding hydrogens is 1470 g/mol. The number of rotatable bonds is 9. The van der Waals surface area contributed by atoms with Crippen molar-refractivity contribution in [2.45, 2.75) is 11.8 Å². The predicted octanol–water partition coefficient (Wildman–Crippen LogP) is 31.8. The van der Waals surface area contributed by atoms with Crippen LogP contribution in [-0.4, -0.2) is 9.13 Å². The van der Waals surface area contributed by atoms with Crippen molar-refractivity contribution in [1.29, 1.82) is 0 Å². The summed E-state index contributed by atoms with van der Waals surface area (Å²) >= 11 is 0. The molecule has 3 aliphatic carbocycles. The second kappa shape index (κ2) is 27.7. The zero-order chi connectivity index (χ0) is 80.1. The van der Waals surface area contributed by atoms with E-state index in [9.17, 15) is 0 Å². The molecule has 2 aromatic heterocycles. The predicted molar refractivity (Wildman–Crippen MR) is 514 cm³/mol. The van der Waals surface area contributed by atoms with Crippen LogP contribution in [0.25, 0.3) is 209 Å². The van der Waals surface area contributed by atoms with Gasteiger partial charge in [-0.2, -0.15) is 0 Å². The van der Waals surface area contributed by atoms with E-state index in [0.29, 0.717) is 0 Å². The van der Waals surface area contributed by atoms with Crippen LogP contribution in [0.4, 0.5) is 0 Å². The minimum absolute atomic E-state index is 0.372. The maximum atomic E-state index is 2.49. The van der Waals surface area contributed by atoms with E-state index in [4.69, 9.17) is 0 Å². The Kier molecular flexibility index (Phi) is 15.8. The van der Waals surface area contributed by atoms with Crippen LogP contribution < -0.4 is 0 Å². The van der Waals surface area contributed by atoms with Crippen molar-refractivity contribution in [3.8, 4) is 123 Å². The Labute approximate surface area is 707 Å². The van der Waals surface area contributed by atoms with Gasteiger partial charge in [0.15, 0.2) is 0 Å². The van der Waals surface area contributed by atoms with Crippen LogP contribution in [0.15, 0.2) is 449 Å². The molecule has 0 radical (unpaired) electrons. The molecule has 0 saturated carbocycles. The molecule has 3 aliphatic rings. The maximum absolute atomic E-state index is 2.49. The summed E-state index contributed by atoms with van der Waals surface area (Å²) in [7, 11) is 0. The monoisotopic (exact) mass is 1540 g/mol. The molecule has 2 nitrogen and oxygen atoms in total. The number of aromatic nitrogens is 2. The molecule has 1 spiro atoms. The van der Waals surface area contributed by atoms with Gasteiger partial charge in [0, 0.05) is 32.9 Å². The van der Waals surface area contributed by atoms with E-state index in [-0.39, 0.29) is 5.41 Å². The van der Waals surface area contributed by atoms with Gasteiger partial charge in [-0.3, -0.25) is 0 Å². The number of hydrogen-bond acceptors (Lipinski definition) is 0. The molecule has 0 fully saturated rings. The van der Waals surface area contributed by atoms with Crippen LogP contribution >= 0.6 is 0 Å². The Morgan fingerprint density at radius 1 is 0.156 bits per heavy atom. The first kappa shape index (κ1) is 69.4. The molecule has 566 valence electrons. The Hall–Kier alpha value is -15.7. The van der Waals surface area contributed by atoms with Crippen molar-refractivity contribution >= 4 is 86.7 Å². The smallest absolute Gasteiger partial charge is 0.0725 e. The van der Waals surface area contributed by atoms with Gasteiger partial charge in [-0.05, 0) is 273 Å². The van der Waals surface area contributed by atoms with Crippen molar-refractivity contribution in [1.82, 2.24) is 9.13 Å². The molecule has 21 aromatic carbocycles. The first-order valence-electron chi connectivity index (χ1n) is 42.6. The number of benzene rings is 21. The van der Waals surface area contributed by atoms with Crippen LogP contribution in [0.1, 0.15) is 33.4 Å². The molecule has 0 bridgehead atoms. The third-order valence-electron chi connectivity index (χ3n) is 26.8. The molecule has 122 heavy (non-hydrogen) atoms. The average molecular weight is 1550 g/mol. The van der Waals surface area contributed by atoms with E-state index in [1.807, 2.05) is 0 Å². The second-order valence-electron chi connectivity index (χ2n) is 33.1. The van der Waals surface area contributed by atoms with Crippen LogP contribution in [0, 0.1) is 0 Å². The minimum atomic E-state index is -0.372. The van der Waals surface area contributed by atoms with Crippen molar-refractivity contribution < 1.29 is 0 Å². The highest BCUT2D eigenvalue weighted by Crippen LogP contribution is 2.63. The first-order chi connectivity index (χ1) is 60.5. The number of para-hydroxylation sites is 2. The summed E-state index contributed by atoms with van der Waals surface area (Å²) in [4.78, 5) is 0. The fraction of sp³-hybridized carbons (Fsp3) is 0.0167. The fourth-order valence-electron chi connectivity index (χ4n) is 21.6. The first-order valence-corrected chi connectivity index (χ1v) is 42.6. The van der Waals surface area contributed by atoms with Gasteiger partial charge in [0.05, 0.1) is 27.5 Å². The normalized spacial score (nSPS) is 12.6. The van der Waals surface area contributed by atoms with Crippen LogP contribution in [0.5, 0.6) is 0 Å². The topological polar surface area (TPSA) is 9.86 Å². The Balaban J connectivity index is 0.000000140. The molecule has 0 N–H and O–H groups in total. The standard InChI is InChI=1S/C69H43N.C51H33N/c1-2-17-44(18-3-1)67-56-25-4-6-27-58(56)68(59-28-7-5-26-57(59)67)45-33-37-50(38-34-45)70-65-32-15-11-24-55(65)60-42-48(36-40-66(60)70)46-19-16-20-47(41-46)49-35-39-54-53-23-10-14-31-63(53)69(64(54)43-49)61-29-12-8-21-51(61)52-22-9-13-30-62(52)69;1-2-12-33(13-3-1)50-42-17-6-8-19-44(42)51(45-20-9-7-18-43(45)50)34-24-27-39(28-25-34)52-48-21-11-10-16-41(48)47-32-36(26-29-49(47)52)35-22-23-38-30-37-14-4-5-15-40(37)46(38)31-35/h1-43H;1-29,31-32H,30H2. The van der Waals surface area contributed by atoms with Gasteiger partial charge in [-0.15, -0.1) is 0 Å². The number of fused-ring (bicyclic) bond motifs is 23. The van der Waals surface area contributed by atoms with Crippen molar-refractivity contribution in [3.05, 3.63) is 482 Å². The fourth-order valence-corrected chi connectivity index (χ4v) is 21.6. The lowest BCUT2D eigenvalue weighted by atomic mass is 9.70. The summed E-state index contributed by atoms with van der Waals surface area (Å²) in [6.07, 6.45) is 1.02. The number of hydrogen-bond donors (Lipinski definition) is 0. The lowest BCUT2D eigenvalue weighted by Crippen LogP contribution is -2.25. The number of nitrogens with zero attached hydrogens (tertiary/aromatic N) is 2. The SMILES string of the molecule is c1ccc(-c2c3ccccc3c(-c3ccc(-n4c5ccccc5c5cc(-c6ccc7c(c6)-c6ccccc6C7)ccc54)cc3)c3ccccc23)cc1.c1ccc(-c2c3ccccc3c(-c3ccc(-n4c5ccccc5c5cc(-c6cccc(-c7ccc8c(c7)C7(c9ccccc9-c9ccccc97)c7ccccc7-8)c6)ccc54)cc3)c3ccccc23)cc1. The van der Waals surface area contributed by atoms with Crippen LogP contribution in [0.2, 0.25) is 0 Å². The molecular formula is C120H76N2. The van der Waals surface area contributed by atoms with Gasteiger partial charge in [0.2, 0.25) is 0 Å². The van der Waals surface area contributed by atoms with Gasteiger partial charge in [0.1, 0.15) is 0 Å². The summed E-state index contributed by atoms with van der Waals surface area (Å²) in [5.41, 5.74) is 40.5. The third-order valence-corrected chi connectivity index (χ3v) is 26.8. The quantitative estimate of drug-likeness (QED) is 0.128. The van der Waals surface area contributed by atoms with Gasteiger partial charge >= 0.3 is 0 Å². The zero-order valence-electron chi connectivity index (χ0n) is 66.8. The van der Waals surface area contributed by atoms with Gasteiger partial charge < -0.3 is 9.13 Å². The molecule has 26 rings (SSSR count). The summed E-state index contributed by atoms with van der Waals surface area (Å²) in [6, 6.07) is 167. The Morgan fingerprint density at radius 2 is 0.443 bits per heavy atom. The molecule has 0 aliphatic heterocycles. The summed E-state index contributed by atoms with van der Waals surface area (Å²) in [5.74, 6) is 0. The lowest BCUT2D eigenvalue weighted by molar-refractivity contribution is 0.794. The molecule has 0 atom stereocenters. The molecule has 0 saturated heterocycles. The highest BCUT2D eigenvalue weighted by molar-refractivity contribution is 6.23. The Bertz CT molecular complexity index is 8080. The summed E-state index contributed by atoms with van der Waals surface area (Å²) < 4.78 is 4.85. The molecule has 0 unspecified atom stereocenters. The van der Waals surface area contributed by atoms with E-state index in [1.54, 1.807) is 0 Å². The second-order valence-corrected chi connectivity index (χ2v) is 33.1. The highest BCUT2D eigenvalue weighted by atomic mass is 15.0. The summed E-state index contributed by atoms with van der Waals surface area (Å²) in [6.45, 7) is 0. The van der Waals surface area contributed by atoms with Gasteiger partial charge in [-0.1, -0.05) is 370 Å². The third kappa shape index (κ3) is 10.6. The van der Waals surface area contributed by atoms with Crippen LogP contribution in [-0.2, 0) is 11.8 Å². The van der Waals surface area contributed by atoms with E-state index < -0.39 is 0 Å². The van der Waals surface area contributed by atoms with Crippen molar-refractivity contribution in [2.24, 2.45) is 0 Å². The minimum Gasteiger partial charge on any atom is -0.309 e. The average Bonchev–Trinajstić information content (AvgIpc) is 1.51. The van der Waals surface area contributed by atoms with E-state index in [2.05, 4.69) is 458 Å². The Morgan fingerprint density at radius 3 is 0.877 bits per heavy atom. The van der Waals surface area contributed by atoms with Gasteiger partial charge in [0.25, 0.3) is 0 Å². The lowest BCUT2D eigenvalue weighted by Gasteiger charge is -2.30. The molecule has 2 heterocycles. The largest absolute Gasteiger partial charge is 0.309 e. The maximum Gasteiger partial charge on any atom is 0.0725 e. The molecule has 2 heteroatoms. The molecule has 23 aromatic rings. The zero-order valence-corrected chi connectivity index (χ0v) is 66.8. The van der Waals surface area contributed by atoms with Gasteiger partial charge in [-0.25, -0.2) is 0 Å². The van der Waals surface area contributed by atoms with E-state index >= 15 is 0 Å². The molecule has 0 amide bonds. The van der Waals surface area contributed by atoms with E-state index in [1.165, 1.54) is 231 Å². The van der Waals surface area contributed by atoms with E-state index in [0.717, 1.165) is 17.8 Å². The van der Waals surface area contributed by atoms with Crippen LogP contribution in [0.3, 0.4) is 0 Å². The summed E-state index contributed by atoms with van der Waals surface area (Å²) in [5, 5.41) is 15.2. The van der Waals surface area contributed by atoms with Crippen molar-refractivity contribution in [2.75, 3.05) is 0 Å².